The summed E-state index contributed by atoms with van der Waals surface area (Å²) in [6.45, 7) is 1.08. The van der Waals surface area contributed by atoms with Crippen LogP contribution in [0.5, 0.6) is 0 Å². The van der Waals surface area contributed by atoms with E-state index in [0.717, 1.165) is 6.54 Å². The molecule has 0 bridgehead atoms. The highest BCUT2D eigenvalue weighted by Crippen LogP contribution is 2.29. The lowest BCUT2D eigenvalue weighted by Crippen LogP contribution is -2.25. The summed E-state index contributed by atoms with van der Waals surface area (Å²) in [6, 6.07) is 4.31. The van der Waals surface area contributed by atoms with Crippen LogP contribution in [0.2, 0.25) is 0 Å². The molecule has 1 aromatic heterocycles. The van der Waals surface area contributed by atoms with E-state index >= 15 is 0 Å². The van der Waals surface area contributed by atoms with Crippen LogP contribution in [0.1, 0.15) is 39.9 Å². The molecule has 1 aliphatic heterocycles. The van der Waals surface area contributed by atoms with E-state index in [1.807, 2.05) is 12.1 Å². The number of carbonyl (C=O) groups excluding carboxylic acids is 1. The number of thiophene rings is 1. The van der Waals surface area contributed by atoms with Gasteiger partial charge in [0.2, 0.25) is 0 Å². The fourth-order valence-corrected chi connectivity index (χ4v) is 2.88. The highest BCUT2D eigenvalue weighted by molar-refractivity contribution is 7.14. The first-order valence-electron chi connectivity index (χ1n) is 5.22. The van der Waals surface area contributed by atoms with Crippen molar-refractivity contribution in [2.24, 2.45) is 0 Å². The van der Waals surface area contributed by atoms with E-state index in [4.69, 9.17) is 0 Å². The fraction of sp³-hybridized carbons (Fsp3) is 0.545. The van der Waals surface area contributed by atoms with E-state index in [9.17, 15) is 4.79 Å². The number of ether oxygens (including phenoxy) is 1. The van der Waals surface area contributed by atoms with E-state index in [1.165, 1.54) is 42.6 Å². The van der Waals surface area contributed by atoms with Gasteiger partial charge in [0, 0.05) is 10.9 Å². The minimum Gasteiger partial charge on any atom is -0.465 e. The second-order valence-electron chi connectivity index (χ2n) is 3.70. The molecule has 0 radical (unpaired) electrons. The third-order valence-electron chi connectivity index (χ3n) is 2.67. The maximum atomic E-state index is 11.3. The summed E-state index contributed by atoms with van der Waals surface area (Å²) in [7, 11) is 1.42. The van der Waals surface area contributed by atoms with E-state index in [-0.39, 0.29) is 5.97 Å². The Kier molecular flexibility index (Phi) is 3.38. The van der Waals surface area contributed by atoms with E-state index in [0.29, 0.717) is 10.9 Å². The normalized spacial score (nSPS) is 21.3. The summed E-state index contributed by atoms with van der Waals surface area (Å²) in [5.41, 5.74) is 0. The maximum absolute atomic E-state index is 11.3. The van der Waals surface area contributed by atoms with Crippen LogP contribution < -0.4 is 5.32 Å². The molecule has 15 heavy (non-hydrogen) atoms. The average molecular weight is 225 g/mol. The molecule has 1 aromatic rings. The standard InChI is InChI=1S/C11H15NO2S/c1-14-11(13)10-6-5-9(15-10)8-4-2-3-7-12-8/h5-6,8,12H,2-4,7H2,1H3. The fourth-order valence-electron chi connectivity index (χ4n) is 1.85. The van der Waals surface area contributed by atoms with Crippen molar-refractivity contribution >= 4 is 17.3 Å². The number of esters is 1. The minimum atomic E-state index is -0.234. The topological polar surface area (TPSA) is 38.3 Å². The van der Waals surface area contributed by atoms with Gasteiger partial charge in [0.25, 0.3) is 0 Å². The minimum absolute atomic E-state index is 0.234. The monoisotopic (exact) mass is 225 g/mol. The van der Waals surface area contributed by atoms with E-state index in [2.05, 4.69) is 10.1 Å². The summed E-state index contributed by atoms with van der Waals surface area (Å²) < 4.78 is 4.69. The molecule has 3 nitrogen and oxygen atoms in total. The Hall–Kier alpha value is -0.870. The van der Waals surface area contributed by atoms with Crippen molar-refractivity contribution in [3.05, 3.63) is 21.9 Å². The molecule has 1 fully saturated rings. The van der Waals surface area contributed by atoms with Gasteiger partial charge in [-0.2, -0.15) is 0 Å². The molecule has 1 saturated heterocycles. The van der Waals surface area contributed by atoms with Crippen molar-refractivity contribution in [1.82, 2.24) is 5.32 Å². The van der Waals surface area contributed by atoms with Crippen molar-refractivity contribution in [3.63, 3.8) is 0 Å². The van der Waals surface area contributed by atoms with Crippen LogP contribution in [0.4, 0.5) is 0 Å². The molecule has 0 spiro atoms. The SMILES string of the molecule is COC(=O)c1ccc(C2CCCCN2)s1. The van der Waals surface area contributed by atoms with Crippen LogP contribution in [-0.4, -0.2) is 19.6 Å². The third kappa shape index (κ3) is 2.38. The van der Waals surface area contributed by atoms with Gasteiger partial charge in [-0.15, -0.1) is 11.3 Å². The molecule has 0 amide bonds. The first kappa shape index (κ1) is 10.6. The summed E-state index contributed by atoms with van der Waals surface area (Å²) in [6.07, 6.45) is 3.69. The zero-order valence-corrected chi connectivity index (χ0v) is 9.60. The summed E-state index contributed by atoms with van der Waals surface area (Å²) in [5, 5.41) is 3.46. The van der Waals surface area contributed by atoms with Gasteiger partial charge in [-0.25, -0.2) is 4.79 Å². The summed E-state index contributed by atoms with van der Waals surface area (Å²) in [4.78, 5) is 13.2. The first-order valence-corrected chi connectivity index (χ1v) is 6.04. The smallest absolute Gasteiger partial charge is 0.348 e. The highest BCUT2D eigenvalue weighted by Gasteiger charge is 2.18. The second-order valence-corrected chi connectivity index (χ2v) is 4.81. The van der Waals surface area contributed by atoms with Crippen LogP contribution in [0, 0.1) is 0 Å². The molecular weight excluding hydrogens is 210 g/mol. The molecule has 0 aliphatic carbocycles. The van der Waals surface area contributed by atoms with Gasteiger partial charge in [0.15, 0.2) is 0 Å². The number of carbonyl (C=O) groups is 1. The molecular formula is C11H15NO2S. The molecule has 4 heteroatoms. The van der Waals surface area contributed by atoms with Crippen LogP contribution in [0.25, 0.3) is 0 Å². The Bertz CT molecular complexity index is 342. The number of piperidine rings is 1. The zero-order chi connectivity index (χ0) is 10.7. The number of nitrogens with one attached hydrogen (secondary N) is 1. The van der Waals surface area contributed by atoms with Gasteiger partial charge in [-0.05, 0) is 31.5 Å². The van der Waals surface area contributed by atoms with Crippen LogP contribution in [0.3, 0.4) is 0 Å². The van der Waals surface area contributed by atoms with Gasteiger partial charge in [0.05, 0.1) is 7.11 Å². The largest absolute Gasteiger partial charge is 0.465 e. The first-order chi connectivity index (χ1) is 7.31. The molecule has 1 aliphatic rings. The van der Waals surface area contributed by atoms with Crippen molar-refractivity contribution in [1.29, 1.82) is 0 Å². The molecule has 1 unspecified atom stereocenters. The Morgan fingerprint density at radius 2 is 2.40 bits per heavy atom. The lowest BCUT2D eigenvalue weighted by atomic mass is 10.0. The van der Waals surface area contributed by atoms with Gasteiger partial charge in [-0.3, -0.25) is 0 Å². The molecule has 0 saturated carbocycles. The second kappa shape index (κ2) is 4.77. The Morgan fingerprint density at radius 1 is 1.53 bits per heavy atom. The lowest BCUT2D eigenvalue weighted by molar-refractivity contribution is 0.0606. The highest BCUT2D eigenvalue weighted by atomic mass is 32.1. The third-order valence-corrected chi connectivity index (χ3v) is 3.85. The van der Waals surface area contributed by atoms with Crippen LogP contribution >= 0.6 is 11.3 Å². The summed E-state index contributed by atoms with van der Waals surface area (Å²) in [5.74, 6) is -0.234. The van der Waals surface area contributed by atoms with Crippen molar-refractivity contribution in [2.75, 3.05) is 13.7 Å². The maximum Gasteiger partial charge on any atom is 0.348 e. The average Bonchev–Trinajstić information content (AvgIpc) is 2.78. The van der Waals surface area contributed by atoms with Crippen LogP contribution in [0.15, 0.2) is 12.1 Å². The van der Waals surface area contributed by atoms with Crippen molar-refractivity contribution in [3.8, 4) is 0 Å². The van der Waals surface area contributed by atoms with Gasteiger partial charge < -0.3 is 10.1 Å². The lowest BCUT2D eigenvalue weighted by Gasteiger charge is -2.22. The Morgan fingerprint density at radius 3 is 3.07 bits per heavy atom. The molecule has 1 N–H and O–H groups in total. The van der Waals surface area contributed by atoms with Gasteiger partial charge in [-0.1, -0.05) is 6.42 Å². The Labute approximate surface area is 93.4 Å². The van der Waals surface area contributed by atoms with Crippen molar-refractivity contribution < 1.29 is 9.53 Å². The van der Waals surface area contributed by atoms with E-state index < -0.39 is 0 Å². The van der Waals surface area contributed by atoms with E-state index in [1.54, 1.807) is 0 Å². The zero-order valence-electron chi connectivity index (χ0n) is 8.79. The molecule has 2 heterocycles. The Balaban J connectivity index is 2.08. The summed E-state index contributed by atoms with van der Waals surface area (Å²) >= 11 is 1.54. The number of methoxy groups -OCH3 is 1. The number of hydrogen-bond donors (Lipinski definition) is 1. The molecule has 2 rings (SSSR count). The molecule has 82 valence electrons. The van der Waals surface area contributed by atoms with Crippen molar-refractivity contribution in [2.45, 2.75) is 25.3 Å². The number of hydrogen-bond acceptors (Lipinski definition) is 4. The van der Waals surface area contributed by atoms with Gasteiger partial charge >= 0.3 is 5.97 Å². The number of rotatable bonds is 2. The molecule has 0 aromatic carbocycles. The van der Waals surface area contributed by atoms with Crippen LogP contribution in [-0.2, 0) is 4.74 Å². The van der Waals surface area contributed by atoms with Gasteiger partial charge in [0.1, 0.15) is 4.88 Å². The predicted octanol–water partition coefficient (Wildman–Crippen LogP) is 2.35. The quantitative estimate of drug-likeness (QED) is 0.785. The molecule has 1 atom stereocenters. The predicted molar refractivity (Wildman–Crippen MR) is 60.3 cm³/mol.